The van der Waals surface area contributed by atoms with Crippen molar-refractivity contribution >= 4 is 5.97 Å². The van der Waals surface area contributed by atoms with Crippen LogP contribution in [0, 0.1) is 11.8 Å². The summed E-state index contributed by atoms with van der Waals surface area (Å²) in [5.41, 5.74) is 5.20. The van der Waals surface area contributed by atoms with E-state index in [0.717, 1.165) is 26.1 Å². The number of carbonyl (C=O) groups is 1. The first-order valence-corrected chi connectivity index (χ1v) is 5.93. The maximum Gasteiger partial charge on any atom is 0.310 e. The number of hydrogen-bond donors (Lipinski definition) is 1. The van der Waals surface area contributed by atoms with Crippen LogP contribution in [0.1, 0.15) is 33.6 Å². The molecule has 1 saturated heterocycles. The molecule has 0 radical (unpaired) electrons. The van der Waals surface area contributed by atoms with Gasteiger partial charge in [0.25, 0.3) is 0 Å². The van der Waals surface area contributed by atoms with Crippen LogP contribution in [0.5, 0.6) is 0 Å². The molecule has 4 heteroatoms. The summed E-state index contributed by atoms with van der Waals surface area (Å²) in [7, 11) is 0. The fraction of sp³-hybridized carbons (Fsp3) is 0.917. The van der Waals surface area contributed by atoms with Gasteiger partial charge in [0.1, 0.15) is 5.60 Å². The Morgan fingerprint density at radius 2 is 2.25 bits per heavy atom. The average Bonchev–Trinajstić information content (AvgIpc) is 2.63. The summed E-state index contributed by atoms with van der Waals surface area (Å²) in [6.45, 7) is 7.52. The number of hydrogen-bond acceptors (Lipinski definition) is 4. The highest BCUT2D eigenvalue weighted by Gasteiger charge is 2.28. The molecule has 1 aliphatic heterocycles. The summed E-state index contributed by atoms with van der Waals surface area (Å²) in [6, 6.07) is 0. The smallest absolute Gasteiger partial charge is 0.310 e. The van der Waals surface area contributed by atoms with Crippen LogP contribution in [0.4, 0.5) is 0 Å². The molecule has 0 bridgehead atoms. The van der Waals surface area contributed by atoms with E-state index in [4.69, 9.17) is 15.2 Å². The lowest BCUT2D eigenvalue weighted by Gasteiger charge is -2.24. The number of rotatable bonds is 4. The molecule has 0 spiro atoms. The highest BCUT2D eigenvalue weighted by molar-refractivity contribution is 5.73. The van der Waals surface area contributed by atoms with Gasteiger partial charge in [-0.2, -0.15) is 0 Å². The van der Waals surface area contributed by atoms with Gasteiger partial charge >= 0.3 is 5.97 Å². The Balaban J connectivity index is 2.43. The highest BCUT2D eigenvalue weighted by Crippen LogP contribution is 2.23. The third-order valence-electron chi connectivity index (χ3n) is 2.67. The van der Waals surface area contributed by atoms with E-state index < -0.39 is 5.60 Å². The molecule has 0 amide bonds. The molecule has 1 heterocycles. The first-order chi connectivity index (χ1) is 7.42. The zero-order valence-corrected chi connectivity index (χ0v) is 10.5. The lowest BCUT2D eigenvalue weighted by atomic mass is 9.94. The predicted molar refractivity (Wildman–Crippen MR) is 61.9 cm³/mol. The molecule has 0 aromatic rings. The fourth-order valence-electron chi connectivity index (χ4n) is 1.85. The molecule has 94 valence electrons. The van der Waals surface area contributed by atoms with Crippen molar-refractivity contribution in [3.05, 3.63) is 0 Å². The standard InChI is InChI=1S/C12H23NO3/c1-12(2,3)16-11(14)10(7-13)6-9-4-5-15-8-9/h9-10H,4-8,13H2,1-3H3. The molecular formula is C12H23NO3. The van der Waals surface area contributed by atoms with Crippen LogP contribution < -0.4 is 5.73 Å². The first-order valence-electron chi connectivity index (χ1n) is 5.93. The second kappa shape index (κ2) is 5.64. The molecule has 2 atom stereocenters. The summed E-state index contributed by atoms with van der Waals surface area (Å²) in [4.78, 5) is 11.8. The van der Waals surface area contributed by atoms with Gasteiger partial charge in [-0.1, -0.05) is 0 Å². The minimum atomic E-state index is -0.434. The molecule has 1 aliphatic rings. The van der Waals surface area contributed by atoms with Crippen LogP contribution in [0.15, 0.2) is 0 Å². The lowest BCUT2D eigenvalue weighted by molar-refractivity contribution is -0.160. The van der Waals surface area contributed by atoms with Gasteiger partial charge in [-0.05, 0) is 39.5 Å². The van der Waals surface area contributed by atoms with Crippen LogP contribution in [0.3, 0.4) is 0 Å². The maximum absolute atomic E-state index is 11.8. The Bertz CT molecular complexity index is 229. The van der Waals surface area contributed by atoms with Crippen molar-refractivity contribution in [3.8, 4) is 0 Å². The Morgan fingerprint density at radius 3 is 2.69 bits per heavy atom. The van der Waals surface area contributed by atoms with Gasteiger partial charge in [0.2, 0.25) is 0 Å². The minimum Gasteiger partial charge on any atom is -0.460 e. The van der Waals surface area contributed by atoms with Crippen LogP contribution in [0.2, 0.25) is 0 Å². The number of nitrogens with two attached hydrogens (primary N) is 1. The molecule has 1 rings (SSSR count). The van der Waals surface area contributed by atoms with Crippen molar-refractivity contribution in [1.82, 2.24) is 0 Å². The number of carbonyl (C=O) groups excluding carboxylic acids is 1. The Kier molecular flexibility index (Phi) is 4.74. The molecule has 0 aromatic heterocycles. The zero-order chi connectivity index (χ0) is 12.2. The van der Waals surface area contributed by atoms with Crippen LogP contribution in [-0.4, -0.2) is 31.3 Å². The van der Waals surface area contributed by atoms with Crippen LogP contribution >= 0.6 is 0 Å². The molecule has 2 unspecified atom stereocenters. The molecule has 0 saturated carbocycles. The van der Waals surface area contributed by atoms with E-state index in [0.29, 0.717) is 12.5 Å². The quantitative estimate of drug-likeness (QED) is 0.739. The van der Waals surface area contributed by atoms with E-state index in [-0.39, 0.29) is 11.9 Å². The Labute approximate surface area is 97.5 Å². The van der Waals surface area contributed by atoms with Crippen molar-refractivity contribution < 1.29 is 14.3 Å². The molecule has 4 nitrogen and oxygen atoms in total. The van der Waals surface area contributed by atoms with Crippen molar-refractivity contribution in [2.24, 2.45) is 17.6 Å². The van der Waals surface area contributed by atoms with E-state index in [1.807, 2.05) is 20.8 Å². The SMILES string of the molecule is CC(C)(C)OC(=O)C(CN)CC1CCOC1. The van der Waals surface area contributed by atoms with Crippen molar-refractivity contribution in [2.75, 3.05) is 19.8 Å². The van der Waals surface area contributed by atoms with E-state index in [2.05, 4.69) is 0 Å². The van der Waals surface area contributed by atoms with Crippen LogP contribution in [-0.2, 0) is 14.3 Å². The minimum absolute atomic E-state index is 0.179. The lowest BCUT2D eigenvalue weighted by Crippen LogP contribution is -2.33. The van der Waals surface area contributed by atoms with Gasteiger partial charge < -0.3 is 15.2 Å². The van der Waals surface area contributed by atoms with Gasteiger partial charge in [0.05, 0.1) is 5.92 Å². The molecule has 16 heavy (non-hydrogen) atoms. The average molecular weight is 229 g/mol. The predicted octanol–water partition coefficient (Wildman–Crippen LogP) is 1.33. The molecule has 1 fully saturated rings. The second-order valence-corrected chi connectivity index (χ2v) is 5.43. The van der Waals surface area contributed by atoms with Gasteiger partial charge in [-0.15, -0.1) is 0 Å². The van der Waals surface area contributed by atoms with Crippen molar-refractivity contribution in [3.63, 3.8) is 0 Å². The fourth-order valence-corrected chi connectivity index (χ4v) is 1.85. The second-order valence-electron chi connectivity index (χ2n) is 5.43. The normalized spacial score (nSPS) is 23.1. The summed E-state index contributed by atoms with van der Waals surface area (Å²) in [6.07, 6.45) is 1.81. The third kappa shape index (κ3) is 4.49. The number of esters is 1. The van der Waals surface area contributed by atoms with E-state index in [9.17, 15) is 4.79 Å². The topological polar surface area (TPSA) is 61.5 Å². The molecule has 0 aliphatic carbocycles. The summed E-state index contributed by atoms with van der Waals surface area (Å²) < 4.78 is 10.6. The Morgan fingerprint density at radius 1 is 1.56 bits per heavy atom. The van der Waals surface area contributed by atoms with E-state index in [1.165, 1.54) is 0 Å². The molecule has 0 aromatic carbocycles. The largest absolute Gasteiger partial charge is 0.460 e. The Hall–Kier alpha value is -0.610. The summed E-state index contributed by atoms with van der Waals surface area (Å²) >= 11 is 0. The van der Waals surface area contributed by atoms with Crippen LogP contribution in [0.25, 0.3) is 0 Å². The van der Waals surface area contributed by atoms with Gasteiger partial charge in [0.15, 0.2) is 0 Å². The monoisotopic (exact) mass is 229 g/mol. The molecular weight excluding hydrogens is 206 g/mol. The number of ether oxygens (including phenoxy) is 2. The summed E-state index contributed by atoms with van der Waals surface area (Å²) in [5, 5.41) is 0. The van der Waals surface area contributed by atoms with E-state index >= 15 is 0 Å². The third-order valence-corrected chi connectivity index (χ3v) is 2.67. The first kappa shape index (κ1) is 13.5. The maximum atomic E-state index is 11.8. The van der Waals surface area contributed by atoms with Crippen molar-refractivity contribution in [2.45, 2.75) is 39.2 Å². The summed E-state index contributed by atoms with van der Waals surface area (Å²) in [5.74, 6) is 0.0916. The van der Waals surface area contributed by atoms with E-state index in [1.54, 1.807) is 0 Å². The zero-order valence-electron chi connectivity index (χ0n) is 10.5. The van der Waals surface area contributed by atoms with Crippen molar-refractivity contribution in [1.29, 1.82) is 0 Å². The van der Waals surface area contributed by atoms with Gasteiger partial charge in [-0.25, -0.2) is 0 Å². The molecule has 2 N–H and O–H groups in total. The van der Waals surface area contributed by atoms with Gasteiger partial charge in [0, 0.05) is 19.8 Å². The van der Waals surface area contributed by atoms with Gasteiger partial charge in [-0.3, -0.25) is 4.79 Å². The highest BCUT2D eigenvalue weighted by atomic mass is 16.6.